The number of allylic oxidation sites excluding steroid dienone is 14. The first-order valence-corrected chi connectivity index (χ1v) is 34.6. The Labute approximate surface area is 496 Å². The largest absolute Gasteiger partial charge is 0.462 e. The summed E-state index contributed by atoms with van der Waals surface area (Å²) in [4.78, 5) is 38.4. The van der Waals surface area contributed by atoms with Crippen molar-refractivity contribution in [3.63, 3.8) is 0 Å². The van der Waals surface area contributed by atoms with Crippen LogP contribution in [0, 0.1) is 0 Å². The van der Waals surface area contributed by atoms with Gasteiger partial charge in [-0.2, -0.15) is 0 Å². The molecule has 0 heterocycles. The van der Waals surface area contributed by atoms with Crippen LogP contribution in [0.5, 0.6) is 0 Å². The molecule has 0 aromatic heterocycles. The molecule has 0 aliphatic carbocycles. The first-order chi connectivity index (χ1) is 39.5. The lowest BCUT2D eigenvalue weighted by atomic mass is 10.0. The van der Waals surface area contributed by atoms with Crippen molar-refractivity contribution in [3.8, 4) is 0 Å². The van der Waals surface area contributed by atoms with Gasteiger partial charge in [-0.05, 0) is 77.0 Å². The van der Waals surface area contributed by atoms with Gasteiger partial charge < -0.3 is 14.2 Å². The Balaban J connectivity index is 4.37. The lowest BCUT2D eigenvalue weighted by Gasteiger charge is -2.18. The molecular weight excluding hydrogens is 985 g/mol. The second-order valence-electron chi connectivity index (χ2n) is 23.1. The average Bonchev–Trinajstić information content (AvgIpc) is 3.46. The molecule has 0 amide bonds. The highest BCUT2D eigenvalue weighted by atomic mass is 16.6. The van der Waals surface area contributed by atoms with Crippen LogP contribution in [-0.4, -0.2) is 37.2 Å². The number of hydrogen-bond acceptors (Lipinski definition) is 6. The van der Waals surface area contributed by atoms with E-state index in [1.54, 1.807) is 0 Å². The van der Waals surface area contributed by atoms with E-state index < -0.39 is 6.10 Å². The number of hydrogen-bond donors (Lipinski definition) is 0. The Morgan fingerprint density at radius 3 is 0.762 bits per heavy atom. The second-order valence-corrected chi connectivity index (χ2v) is 23.1. The van der Waals surface area contributed by atoms with E-state index in [4.69, 9.17) is 14.2 Å². The minimum atomic E-state index is -0.789. The maximum atomic E-state index is 13.0. The van der Waals surface area contributed by atoms with E-state index in [-0.39, 0.29) is 31.1 Å². The molecule has 6 nitrogen and oxygen atoms in total. The maximum Gasteiger partial charge on any atom is 0.306 e. The molecule has 0 fully saturated rings. The van der Waals surface area contributed by atoms with Crippen LogP contribution < -0.4 is 0 Å². The molecule has 462 valence electrons. The zero-order valence-electron chi connectivity index (χ0n) is 53.1. The van der Waals surface area contributed by atoms with Crippen molar-refractivity contribution in [3.05, 3.63) is 85.1 Å². The van der Waals surface area contributed by atoms with Crippen LogP contribution in [-0.2, 0) is 28.6 Å². The third-order valence-corrected chi connectivity index (χ3v) is 15.2. The molecule has 0 bridgehead atoms. The molecular formula is C74H130O6. The van der Waals surface area contributed by atoms with E-state index in [1.165, 1.54) is 199 Å². The van der Waals surface area contributed by atoms with Gasteiger partial charge in [0, 0.05) is 19.3 Å². The molecule has 1 unspecified atom stereocenters. The minimum Gasteiger partial charge on any atom is -0.462 e. The van der Waals surface area contributed by atoms with Crippen molar-refractivity contribution in [2.24, 2.45) is 0 Å². The number of rotatable bonds is 63. The predicted octanol–water partition coefficient (Wildman–Crippen LogP) is 23.8. The van der Waals surface area contributed by atoms with Gasteiger partial charge >= 0.3 is 17.9 Å². The number of ether oxygens (including phenoxy) is 3. The highest BCUT2D eigenvalue weighted by Crippen LogP contribution is 2.18. The molecule has 0 saturated carbocycles. The Morgan fingerprint density at radius 1 is 0.263 bits per heavy atom. The molecule has 0 aromatic carbocycles. The minimum absolute atomic E-state index is 0.0826. The van der Waals surface area contributed by atoms with Crippen LogP contribution in [0.4, 0.5) is 0 Å². The summed E-state index contributed by atoms with van der Waals surface area (Å²) in [6.45, 7) is 6.55. The highest BCUT2D eigenvalue weighted by Gasteiger charge is 2.19. The summed E-state index contributed by atoms with van der Waals surface area (Å²) in [5, 5.41) is 0. The lowest BCUT2D eigenvalue weighted by molar-refractivity contribution is -0.167. The topological polar surface area (TPSA) is 78.9 Å². The Hall–Kier alpha value is -3.41. The fraction of sp³-hybridized carbons (Fsp3) is 0.770. The smallest absolute Gasteiger partial charge is 0.306 e. The Kier molecular flexibility index (Phi) is 65.2. The quantitative estimate of drug-likeness (QED) is 0.0261. The molecule has 1 atom stereocenters. The van der Waals surface area contributed by atoms with E-state index in [0.29, 0.717) is 19.3 Å². The van der Waals surface area contributed by atoms with Gasteiger partial charge in [-0.3, -0.25) is 14.4 Å². The third kappa shape index (κ3) is 65.4. The zero-order valence-corrected chi connectivity index (χ0v) is 53.1. The zero-order chi connectivity index (χ0) is 57.8. The van der Waals surface area contributed by atoms with Crippen LogP contribution in [0.15, 0.2) is 85.1 Å². The summed E-state index contributed by atoms with van der Waals surface area (Å²) in [5.74, 6) is -0.897. The number of esters is 3. The van der Waals surface area contributed by atoms with Gasteiger partial charge in [-0.25, -0.2) is 0 Å². The van der Waals surface area contributed by atoms with Gasteiger partial charge in [-0.1, -0.05) is 337 Å². The van der Waals surface area contributed by atoms with Gasteiger partial charge in [0.05, 0.1) is 0 Å². The number of carbonyl (C=O) groups is 3. The SMILES string of the molecule is CC/C=C\C/C=C\C/C=C\C/C=C\C/C=C\C/C=C\C/C=C\CCCCCC(=O)OCC(COC(=O)CCCCCCCCCCCCCCCC)OC(=O)CCCCCCCCCCCCCCCCCCCCCCCCC. The van der Waals surface area contributed by atoms with Crippen LogP contribution >= 0.6 is 0 Å². The molecule has 0 spiro atoms. The monoisotopic (exact) mass is 1110 g/mol. The fourth-order valence-electron chi connectivity index (χ4n) is 10.0. The lowest BCUT2D eigenvalue weighted by Crippen LogP contribution is -2.30. The van der Waals surface area contributed by atoms with Crippen molar-refractivity contribution in [2.45, 2.75) is 354 Å². The standard InChI is InChI=1S/C74H130O6/c1-4-7-10-13-16-19-22-25-28-30-32-34-36-37-39-40-42-44-46-49-52-55-58-61-64-67-73(76)79-70-71(69-78-72(75)66-63-60-57-54-51-48-27-24-21-18-15-12-9-6-3)80-74(77)68-65-62-59-56-53-50-47-45-43-41-38-35-33-31-29-26-23-20-17-14-11-8-5-2/h7,10,16,19,25,28,32,34,37,39,42,44,49,52,71H,4-6,8-9,11-15,17-18,20-24,26-27,29-31,33,35-36,38,40-41,43,45-48,50-51,53-70H2,1-3H3/b10-7-,19-16-,28-25-,34-32-,39-37-,44-42-,52-49-. The predicted molar refractivity (Wildman–Crippen MR) is 348 cm³/mol. The van der Waals surface area contributed by atoms with E-state index in [0.717, 1.165) is 109 Å². The molecule has 0 rings (SSSR count). The molecule has 0 N–H and O–H groups in total. The van der Waals surface area contributed by atoms with Crippen molar-refractivity contribution in [1.29, 1.82) is 0 Å². The Bertz CT molecular complexity index is 1520. The third-order valence-electron chi connectivity index (χ3n) is 15.2. The van der Waals surface area contributed by atoms with E-state index >= 15 is 0 Å². The highest BCUT2D eigenvalue weighted by molar-refractivity contribution is 5.71. The van der Waals surface area contributed by atoms with Gasteiger partial charge in [0.1, 0.15) is 13.2 Å². The van der Waals surface area contributed by atoms with Gasteiger partial charge in [0.2, 0.25) is 0 Å². The molecule has 0 aromatic rings. The first kappa shape index (κ1) is 76.6. The second kappa shape index (κ2) is 68.1. The normalized spacial score (nSPS) is 12.6. The summed E-state index contributed by atoms with van der Waals surface area (Å²) < 4.78 is 17.0. The van der Waals surface area contributed by atoms with Gasteiger partial charge in [0.15, 0.2) is 6.10 Å². The maximum absolute atomic E-state index is 13.0. The molecule has 0 aliphatic heterocycles. The molecule has 0 radical (unpaired) electrons. The molecule has 6 heteroatoms. The van der Waals surface area contributed by atoms with Crippen molar-refractivity contribution in [1.82, 2.24) is 0 Å². The Morgan fingerprint density at radius 2 is 0.487 bits per heavy atom. The summed E-state index contributed by atoms with van der Waals surface area (Å²) in [5.41, 5.74) is 0. The van der Waals surface area contributed by atoms with Gasteiger partial charge in [0.25, 0.3) is 0 Å². The van der Waals surface area contributed by atoms with E-state index in [9.17, 15) is 14.4 Å². The average molecular weight is 1120 g/mol. The van der Waals surface area contributed by atoms with E-state index in [1.807, 2.05) is 0 Å². The van der Waals surface area contributed by atoms with E-state index in [2.05, 4.69) is 106 Å². The number of carbonyl (C=O) groups excluding carboxylic acids is 3. The van der Waals surface area contributed by atoms with Crippen molar-refractivity contribution in [2.75, 3.05) is 13.2 Å². The summed E-state index contributed by atoms with van der Waals surface area (Å²) >= 11 is 0. The fourth-order valence-corrected chi connectivity index (χ4v) is 10.0. The van der Waals surface area contributed by atoms with Crippen LogP contribution in [0.3, 0.4) is 0 Å². The van der Waals surface area contributed by atoms with Crippen molar-refractivity contribution >= 4 is 17.9 Å². The number of unbranched alkanes of at least 4 members (excludes halogenated alkanes) is 38. The first-order valence-electron chi connectivity index (χ1n) is 34.6. The van der Waals surface area contributed by atoms with Crippen LogP contribution in [0.2, 0.25) is 0 Å². The molecule has 0 aliphatic rings. The van der Waals surface area contributed by atoms with Crippen LogP contribution in [0.1, 0.15) is 348 Å². The summed E-state index contributed by atoms with van der Waals surface area (Å²) in [6, 6.07) is 0. The van der Waals surface area contributed by atoms with Crippen molar-refractivity contribution < 1.29 is 28.6 Å². The van der Waals surface area contributed by atoms with Crippen LogP contribution in [0.25, 0.3) is 0 Å². The van der Waals surface area contributed by atoms with Gasteiger partial charge in [-0.15, -0.1) is 0 Å². The molecule has 80 heavy (non-hydrogen) atoms. The summed E-state index contributed by atoms with van der Waals surface area (Å²) in [7, 11) is 0. The summed E-state index contributed by atoms with van der Waals surface area (Å²) in [6.07, 6.45) is 90.3. The molecule has 0 saturated heterocycles.